The van der Waals surface area contributed by atoms with Gasteiger partial charge in [-0.1, -0.05) is 29.4 Å². The summed E-state index contributed by atoms with van der Waals surface area (Å²) in [6, 6.07) is 8.32. The number of amides is 2. The maximum atomic E-state index is 13.4. The molecule has 0 unspecified atom stereocenters. The molecule has 256 valence electrons. The second-order valence-electron chi connectivity index (χ2n) is 11.9. The number of amidine groups is 1. The first kappa shape index (κ1) is 33.5. The molecule has 3 aromatic rings. The Kier molecular flexibility index (Phi) is 8.80. The van der Waals surface area contributed by atoms with E-state index < -0.39 is 46.5 Å². The number of carboxylic acid groups (broad SMARTS) is 2. The van der Waals surface area contributed by atoms with Gasteiger partial charge in [-0.15, -0.1) is 32.5 Å². The van der Waals surface area contributed by atoms with Crippen LogP contribution in [0.15, 0.2) is 58.3 Å². The summed E-state index contributed by atoms with van der Waals surface area (Å²) < 4.78 is 3.94. The number of carboxylic acids is 2. The average Bonchev–Trinajstić information content (AvgIpc) is 3.78. The van der Waals surface area contributed by atoms with Crippen LogP contribution in [0.3, 0.4) is 0 Å². The summed E-state index contributed by atoms with van der Waals surface area (Å²) >= 11 is 2.31. The van der Waals surface area contributed by atoms with E-state index in [9.17, 15) is 29.4 Å². The van der Waals surface area contributed by atoms with Crippen molar-refractivity contribution in [2.24, 2.45) is 10.9 Å². The van der Waals surface area contributed by atoms with Crippen molar-refractivity contribution in [1.29, 1.82) is 5.41 Å². The highest BCUT2D eigenvalue weighted by Gasteiger charge is 2.53. The number of nitrogens with one attached hydrogen (secondary N) is 2. The number of nitrogens with zero attached hydrogens (tertiary/aromatic N) is 6. The number of nitrogens with two attached hydrogens (primary N) is 2. The summed E-state index contributed by atoms with van der Waals surface area (Å²) in [7, 11) is 0. The number of oxime groups is 1. The van der Waals surface area contributed by atoms with E-state index in [1.807, 2.05) is 45.9 Å². The maximum absolute atomic E-state index is 13.4. The number of rotatable bonds is 12. The number of thioether (sulfide) groups is 1. The van der Waals surface area contributed by atoms with Crippen LogP contribution < -0.4 is 31.5 Å². The van der Waals surface area contributed by atoms with E-state index in [1.54, 1.807) is 0 Å². The minimum Gasteiger partial charge on any atom is -0.543 e. The zero-order valence-corrected chi connectivity index (χ0v) is 27.9. The quantitative estimate of drug-likeness (QED) is 0.0490. The number of anilines is 2. The van der Waals surface area contributed by atoms with Gasteiger partial charge in [0, 0.05) is 35.4 Å². The van der Waals surface area contributed by atoms with Crippen LogP contribution in [-0.4, -0.2) is 84.3 Å². The monoisotopic (exact) mass is 708 g/mol. The van der Waals surface area contributed by atoms with Gasteiger partial charge in [-0.05, 0) is 19.4 Å². The molecule has 7 N–H and O–H groups in total. The summed E-state index contributed by atoms with van der Waals surface area (Å²) in [5.41, 5.74) is 11.1. The van der Waals surface area contributed by atoms with Crippen LogP contribution in [0.2, 0.25) is 0 Å². The molecule has 6 rings (SSSR count). The number of hydrogen-bond acceptors (Lipinski definition) is 13. The van der Waals surface area contributed by atoms with Gasteiger partial charge in [0.1, 0.15) is 22.9 Å². The molecule has 1 saturated heterocycles. The van der Waals surface area contributed by atoms with Gasteiger partial charge in [0.15, 0.2) is 29.4 Å². The Bertz CT molecular complexity index is 1930. The van der Waals surface area contributed by atoms with Crippen LogP contribution in [0, 0.1) is 5.41 Å². The SMILES string of the molecule is CC(C)(O/N=C(\C(=O)N[C@@H]1C(=O)N2C(C(=O)[O-])=C(C[n+]3ccc4n3CCN4Cc3ccc(C(=N)N)cc3)CS[C@H]12)c1csc(N)n1)C(=O)O. The molecule has 0 radical (unpaired) electrons. The van der Waals surface area contributed by atoms with Crippen molar-refractivity contribution in [3.63, 3.8) is 0 Å². The van der Waals surface area contributed by atoms with Crippen molar-refractivity contribution < 1.29 is 38.9 Å². The number of β-lactam (4-membered cyclic amide) rings is 1. The molecule has 49 heavy (non-hydrogen) atoms. The van der Waals surface area contributed by atoms with E-state index in [0.29, 0.717) is 24.2 Å². The minimum atomic E-state index is -1.78. The molecule has 2 aromatic heterocycles. The van der Waals surface area contributed by atoms with Crippen molar-refractivity contribution in [2.75, 3.05) is 22.9 Å². The molecular weight excluding hydrogens is 677 g/mol. The molecule has 0 saturated carbocycles. The Hall–Kier alpha value is -5.43. The highest BCUT2D eigenvalue weighted by molar-refractivity contribution is 8.00. The van der Waals surface area contributed by atoms with E-state index in [1.165, 1.54) is 31.0 Å². The van der Waals surface area contributed by atoms with Gasteiger partial charge in [0.2, 0.25) is 5.60 Å². The second-order valence-corrected chi connectivity index (χ2v) is 13.9. The first-order valence-electron chi connectivity index (χ1n) is 14.9. The molecule has 3 aliphatic rings. The number of aromatic nitrogens is 3. The highest BCUT2D eigenvalue weighted by atomic mass is 32.2. The molecule has 19 heteroatoms. The number of thiazole rings is 1. The topological polar surface area (TPSA) is 249 Å². The van der Waals surface area contributed by atoms with E-state index in [-0.39, 0.29) is 34.7 Å². The fraction of sp³-hybridized carbons (Fsp3) is 0.333. The Morgan fingerprint density at radius 3 is 2.61 bits per heavy atom. The number of aliphatic carboxylic acids is 2. The molecule has 0 aliphatic carbocycles. The number of fused-ring (bicyclic) bond motifs is 2. The van der Waals surface area contributed by atoms with Gasteiger partial charge in [-0.3, -0.25) is 19.9 Å². The smallest absolute Gasteiger partial charge is 0.350 e. The van der Waals surface area contributed by atoms with Crippen LogP contribution in [0.4, 0.5) is 10.9 Å². The van der Waals surface area contributed by atoms with E-state index in [0.717, 1.165) is 34.2 Å². The van der Waals surface area contributed by atoms with Crippen molar-refractivity contribution in [1.82, 2.24) is 19.9 Å². The zero-order chi connectivity index (χ0) is 35.2. The number of benzene rings is 1. The first-order valence-corrected chi connectivity index (χ1v) is 16.9. The first-order chi connectivity index (χ1) is 23.2. The molecule has 2 amide bonds. The van der Waals surface area contributed by atoms with Crippen LogP contribution in [0.5, 0.6) is 0 Å². The molecule has 3 aliphatic heterocycles. The van der Waals surface area contributed by atoms with Crippen molar-refractivity contribution in [2.45, 2.75) is 50.5 Å². The second kappa shape index (κ2) is 12.9. The molecule has 1 fully saturated rings. The predicted octanol–water partition coefficient (Wildman–Crippen LogP) is -1.19. The summed E-state index contributed by atoms with van der Waals surface area (Å²) in [5, 5.41) is 36.5. The predicted molar refractivity (Wildman–Crippen MR) is 176 cm³/mol. The normalized spacial score (nSPS) is 18.9. The summed E-state index contributed by atoms with van der Waals surface area (Å²) in [6.45, 7) is 4.72. The lowest BCUT2D eigenvalue weighted by Gasteiger charge is -2.50. The van der Waals surface area contributed by atoms with Crippen LogP contribution in [0.1, 0.15) is 30.7 Å². The van der Waals surface area contributed by atoms with Crippen molar-refractivity contribution >= 4 is 69.3 Å². The van der Waals surface area contributed by atoms with Gasteiger partial charge in [0.25, 0.3) is 11.8 Å². The van der Waals surface area contributed by atoms with Gasteiger partial charge in [-0.2, -0.15) is 0 Å². The number of nitrogen functional groups attached to an aromatic ring is 2. The Morgan fingerprint density at radius 1 is 1.24 bits per heavy atom. The lowest BCUT2D eigenvalue weighted by molar-refractivity contribution is -0.766. The lowest BCUT2D eigenvalue weighted by atomic mass is 10.0. The van der Waals surface area contributed by atoms with E-state index >= 15 is 0 Å². The molecule has 17 nitrogen and oxygen atoms in total. The standard InChI is InChI=1S/C30H32N10O7S2/c1-30(2,28(45)46)47-36-20(18-14-49-29(33)34-18)24(41)35-21-25(42)40-22(27(43)44)17(13-48-26(21)40)12-38-8-7-19-37(9-10-39(19)38)11-15-3-5-16(6-4-15)23(31)32/h3-8,14,21,26H,9-13H2,1-2H3,(H7-,31,32,33,34,35,41,43,44,45,46)/b36-20-/t21-,26-/m1/s1. The van der Waals surface area contributed by atoms with Gasteiger partial charge >= 0.3 is 5.97 Å². The van der Waals surface area contributed by atoms with Crippen LogP contribution in [-0.2, 0) is 43.7 Å². The third-order valence-electron chi connectivity index (χ3n) is 8.25. The lowest BCUT2D eigenvalue weighted by Crippen LogP contribution is -2.71. The average molecular weight is 709 g/mol. The van der Waals surface area contributed by atoms with Crippen LogP contribution >= 0.6 is 23.1 Å². The zero-order valence-electron chi connectivity index (χ0n) is 26.3. The van der Waals surface area contributed by atoms with E-state index in [4.69, 9.17) is 21.7 Å². The minimum absolute atomic E-state index is 0.00534. The molecule has 0 bridgehead atoms. The largest absolute Gasteiger partial charge is 0.543 e. The van der Waals surface area contributed by atoms with Gasteiger partial charge in [0.05, 0.1) is 24.3 Å². The molecule has 2 atom stereocenters. The molecule has 5 heterocycles. The summed E-state index contributed by atoms with van der Waals surface area (Å²) in [4.78, 5) is 63.2. The van der Waals surface area contributed by atoms with Crippen LogP contribution in [0.25, 0.3) is 0 Å². The number of hydrogen-bond donors (Lipinski definition) is 5. The van der Waals surface area contributed by atoms with Gasteiger partial charge < -0.3 is 41.5 Å². The molecule has 0 spiro atoms. The van der Waals surface area contributed by atoms with Crippen molar-refractivity contribution in [3.8, 4) is 0 Å². The van der Waals surface area contributed by atoms with Crippen molar-refractivity contribution in [3.05, 3.63) is 70.0 Å². The Balaban J connectivity index is 1.17. The fourth-order valence-electron chi connectivity index (χ4n) is 5.60. The molecular formula is C30H32N10O7S2. The highest BCUT2D eigenvalue weighted by Crippen LogP contribution is 2.40. The summed E-state index contributed by atoms with van der Waals surface area (Å²) in [6.07, 6.45) is 1.86. The number of carbonyl (C=O) groups is 4. The third kappa shape index (κ3) is 6.41. The number of carbonyl (C=O) groups excluding carboxylic acids is 3. The summed E-state index contributed by atoms with van der Waals surface area (Å²) in [5.74, 6) is -3.16. The maximum Gasteiger partial charge on any atom is 0.350 e. The van der Waals surface area contributed by atoms with Gasteiger partial charge in [-0.25, -0.2) is 9.78 Å². The third-order valence-corrected chi connectivity index (χ3v) is 10.3. The Labute approximate surface area is 287 Å². The molecule has 1 aromatic carbocycles. The Morgan fingerprint density at radius 2 is 1.98 bits per heavy atom. The van der Waals surface area contributed by atoms with E-state index in [2.05, 4.69) is 20.4 Å². The fourth-order valence-corrected chi connectivity index (χ4v) is 7.48.